The van der Waals surface area contributed by atoms with Gasteiger partial charge in [-0.1, -0.05) is 6.92 Å². The van der Waals surface area contributed by atoms with Crippen LogP contribution >= 0.6 is 0 Å². The number of aryl methyl sites for hydroxylation is 1. The van der Waals surface area contributed by atoms with Gasteiger partial charge in [-0.25, -0.2) is 14.8 Å². The van der Waals surface area contributed by atoms with Gasteiger partial charge in [0.05, 0.1) is 7.11 Å². The van der Waals surface area contributed by atoms with Crippen LogP contribution in [-0.4, -0.2) is 54.1 Å². The second-order valence-corrected chi connectivity index (χ2v) is 5.49. The van der Waals surface area contributed by atoms with Gasteiger partial charge in [-0.3, -0.25) is 0 Å². The van der Waals surface area contributed by atoms with E-state index in [0.29, 0.717) is 17.8 Å². The molecule has 1 aromatic rings. The van der Waals surface area contributed by atoms with Crippen molar-refractivity contribution >= 4 is 11.8 Å². The molecular formula is C14H22N4O2. The Hall–Kier alpha value is -1.69. The van der Waals surface area contributed by atoms with Crippen LogP contribution in [0, 0.1) is 12.8 Å². The van der Waals surface area contributed by atoms with Gasteiger partial charge >= 0.3 is 5.97 Å². The van der Waals surface area contributed by atoms with Crippen molar-refractivity contribution in [1.29, 1.82) is 0 Å². The second kappa shape index (κ2) is 6.17. The maximum atomic E-state index is 11.5. The van der Waals surface area contributed by atoms with Crippen LogP contribution in [0.15, 0.2) is 6.07 Å². The van der Waals surface area contributed by atoms with Crippen molar-refractivity contribution in [2.24, 2.45) is 5.92 Å². The summed E-state index contributed by atoms with van der Waals surface area (Å²) in [6, 6.07) is 2.23. The summed E-state index contributed by atoms with van der Waals surface area (Å²) in [4.78, 5) is 22.2. The van der Waals surface area contributed by atoms with Crippen LogP contribution in [0.1, 0.15) is 29.7 Å². The van der Waals surface area contributed by atoms with Crippen molar-refractivity contribution in [3.63, 3.8) is 0 Å². The highest BCUT2D eigenvalue weighted by Crippen LogP contribution is 2.20. The molecule has 2 unspecified atom stereocenters. The summed E-state index contributed by atoms with van der Waals surface area (Å²) in [6.07, 6.45) is 1.06. The molecule has 0 aliphatic carbocycles. The van der Waals surface area contributed by atoms with Gasteiger partial charge in [-0.15, -0.1) is 0 Å². The Morgan fingerprint density at radius 2 is 2.25 bits per heavy atom. The van der Waals surface area contributed by atoms with E-state index in [0.717, 1.165) is 25.2 Å². The maximum Gasteiger partial charge on any atom is 0.376 e. The molecular weight excluding hydrogens is 256 g/mol. The number of anilines is 1. The molecule has 1 fully saturated rings. The lowest BCUT2D eigenvalue weighted by atomic mass is 9.94. The Morgan fingerprint density at radius 3 is 2.90 bits per heavy atom. The van der Waals surface area contributed by atoms with Crippen LogP contribution in [-0.2, 0) is 4.74 Å². The standard InChI is InChI=1S/C14H22N4O2/c1-9-8-18(3)6-5-11(9)16-12-7-10(2)15-13(17-12)14(19)20-4/h7,9,11H,5-6,8H2,1-4H3,(H,15,16,17). The number of ether oxygens (including phenoxy) is 1. The molecule has 6 nitrogen and oxygen atoms in total. The normalized spacial score (nSPS) is 23.4. The van der Waals surface area contributed by atoms with E-state index in [4.69, 9.17) is 0 Å². The summed E-state index contributed by atoms with van der Waals surface area (Å²) in [5, 5.41) is 3.43. The number of carbonyl (C=O) groups excluding carboxylic acids is 1. The van der Waals surface area contributed by atoms with Gasteiger partial charge in [0.15, 0.2) is 0 Å². The molecule has 0 radical (unpaired) electrons. The van der Waals surface area contributed by atoms with Crippen molar-refractivity contribution in [1.82, 2.24) is 14.9 Å². The van der Waals surface area contributed by atoms with Crippen molar-refractivity contribution in [2.45, 2.75) is 26.3 Å². The van der Waals surface area contributed by atoms with Crippen molar-refractivity contribution in [2.75, 3.05) is 32.6 Å². The summed E-state index contributed by atoms with van der Waals surface area (Å²) in [5.41, 5.74) is 0.753. The molecule has 1 saturated heterocycles. The molecule has 1 aromatic heterocycles. The number of nitrogens with zero attached hydrogens (tertiary/aromatic N) is 3. The molecule has 2 heterocycles. The Balaban J connectivity index is 2.13. The first-order chi connectivity index (χ1) is 9.49. The Morgan fingerprint density at radius 1 is 1.50 bits per heavy atom. The van der Waals surface area contributed by atoms with E-state index in [1.54, 1.807) is 0 Å². The minimum Gasteiger partial charge on any atom is -0.463 e. The number of likely N-dealkylation sites (tertiary alicyclic amines) is 1. The highest BCUT2D eigenvalue weighted by atomic mass is 16.5. The number of carbonyl (C=O) groups is 1. The molecule has 110 valence electrons. The highest BCUT2D eigenvalue weighted by Gasteiger charge is 2.24. The Kier molecular flexibility index (Phi) is 4.54. The number of esters is 1. The maximum absolute atomic E-state index is 11.5. The molecule has 1 aliphatic rings. The highest BCUT2D eigenvalue weighted by molar-refractivity contribution is 5.85. The topological polar surface area (TPSA) is 67.3 Å². The molecule has 1 N–H and O–H groups in total. The SMILES string of the molecule is COC(=O)c1nc(C)cc(NC2CCN(C)CC2C)n1. The zero-order valence-corrected chi connectivity index (χ0v) is 12.5. The summed E-state index contributed by atoms with van der Waals surface area (Å²) in [6.45, 7) is 6.20. The molecule has 0 bridgehead atoms. The predicted octanol–water partition coefficient (Wildman–Crippen LogP) is 1.32. The van der Waals surface area contributed by atoms with Crippen LogP contribution in [0.25, 0.3) is 0 Å². The van der Waals surface area contributed by atoms with Crippen LogP contribution < -0.4 is 5.32 Å². The van der Waals surface area contributed by atoms with Gasteiger partial charge in [0.2, 0.25) is 5.82 Å². The van der Waals surface area contributed by atoms with E-state index in [1.165, 1.54) is 7.11 Å². The second-order valence-electron chi connectivity index (χ2n) is 5.49. The fourth-order valence-electron chi connectivity index (χ4n) is 2.58. The molecule has 0 saturated carbocycles. The average Bonchev–Trinajstić information content (AvgIpc) is 2.40. The Labute approximate surface area is 119 Å². The number of methoxy groups -OCH3 is 1. The molecule has 1 aliphatic heterocycles. The number of nitrogens with one attached hydrogen (secondary N) is 1. The van der Waals surface area contributed by atoms with Gasteiger partial charge in [0.25, 0.3) is 0 Å². The number of hydrogen-bond acceptors (Lipinski definition) is 6. The zero-order chi connectivity index (χ0) is 14.7. The summed E-state index contributed by atoms with van der Waals surface area (Å²) < 4.78 is 4.67. The van der Waals surface area contributed by atoms with Gasteiger partial charge in [-0.05, 0) is 32.9 Å². The van der Waals surface area contributed by atoms with Crippen molar-refractivity contribution in [3.05, 3.63) is 17.6 Å². The fourth-order valence-corrected chi connectivity index (χ4v) is 2.58. The van der Waals surface area contributed by atoms with E-state index in [1.807, 2.05) is 13.0 Å². The number of piperidine rings is 1. The third-order valence-corrected chi connectivity index (χ3v) is 3.66. The van der Waals surface area contributed by atoms with Crippen LogP contribution in [0.2, 0.25) is 0 Å². The van der Waals surface area contributed by atoms with Gasteiger partial charge in [-0.2, -0.15) is 0 Å². The van der Waals surface area contributed by atoms with E-state index in [-0.39, 0.29) is 5.82 Å². The van der Waals surface area contributed by atoms with Crippen molar-refractivity contribution < 1.29 is 9.53 Å². The predicted molar refractivity (Wildman–Crippen MR) is 76.8 cm³/mol. The molecule has 20 heavy (non-hydrogen) atoms. The van der Waals surface area contributed by atoms with Crippen LogP contribution in [0.5, 0.6) is 0 Å². The van der Waals surface area contributed by atoms with E-state index in [2.05, 4.69) is 38.9 Å². The monoisotopic (exact) mass is 278 g/mol. The molecule has 6 heteroatoms. The van der Waals surface area contributed by atoms with E-state index in [9.17, 15) is 4.79 Å². The van der Waals surface area contributed by atoms with Gasteiger partial charge in [0, 0.05) is 24.3 Å². The first kappa shape index (κ1) is 14.7. The zero-order valence-electron chi connectivity index (χ0n) is 12.5. The lowest BCUT2D eigenvalue weighted by molar-refractivity contribution is 0.0586. The van der Waals surface area contributed by atoms with E-state index < -0.39 is 5.97 Å². The molecule has 0 amide bonds. The van der Waals surface area contributed by atoms with Crippen LogP contribution in [0.4, 0.5) is 5.82 Å². The minimum absolute atomic E-state index is 0.107. The number of aromatic nitrogens is 2. The summed E-state index contributed by atoms with van der Waals surface area (Å²) in [5.74, 6) is 0.827. The summed E-state index contributed by atoms with van der Waals surface area (Å²) >= 11 is 0. The first-order valence-electron chi connectivity index (χ1n) is 6.88. The van der Waals surface area contributed by atoms with E-state index >= 15 is 0 Å². The lowest BCUT2D eigenvalue weighted by Crippen LogP contribution is -2.43. The average molecular weight is 278 g/mol. The Bertz CT molecular complexity index is 492. The number of rotatable bonds is 3. The molecule has 2 rings (SSSR count). The van der Waals surface area contributed by atoms with Crippen LogP contribution in [0.3, 0.4) is 0 Å². The largest absolute Gasteiger partial charge is 0.463 e. The molecule has 2 atom stereocenters. The first-order valence-corrected chi connectivity index (χ1v) is 6.88. The smallest absolute Gasteiger partial charge is 0.376 e. The van der Waals surface area contributed by atoms with Gasteiger partial charge in [0.1, 0.15) is 5.82 Å². The van der Waals surface area contributed by atoms with Crippen molar-refractivity contribution in [3.8, 4) is 0 Å². The molecule has 0 spiro atoms. The van der Waals surface area contributed by atoms with Gasteiger partial charge < -0.3 is 15.0 Å². The quantitative estimate of drug-likeness (QED) is 0.841. The third kappa shape index (κ3) is 3.45. The lowest BCUT2D eigenvalue weighted by Gasteiger charge is -2.35. The minimum atomic E-state index is -0.506. The fraction of sp³-hybridized carbons (Fsp3) is 0.643. The number of hydrogen-bond donors (Lipinski definition) is 1. The third-order valence-electron chi connectivity index (χ3n) is 3.66. The summed E-state index contributed by atoms with van der Waals surface area (Å²) in [7, 11) is 3.47. The molecule has 0 aromatic carbocycles.